The predicted octanol–water partition coefficient (Wildman–Crippen LogP) is 3.13. The maximum Gasteiger partial charge on any atom is 0.573 e. The van der Waals surface area contributed by atoms with Gasteiger partial charge in [-0.3, -0.25) is 0 Å². The summed E-state index contributed by atoms with van der Waals surface area (Å²) in [6.45, 7) is 0. The smallest absolute Gasteiger partial charge is 0.490 e. The summed E-state index contributed by atoms with van der Waals surface area (Å²) in [7, 11) is 0. The molecule has 1 aliphatic rings. The third kappa shape index (κ3) is 3.34. The number of alkyl halides is 3. The van der Waals surface area contributed by atoms with Crippen LogP contribution in [0.3, 0.4) is 0 Å². The summed E-state index contributed by atoms with van der Waals surface area (Å²) in [5.41, 5.74) is 0. The fourth-order valence-electron chi connectivity index (χ4n) is 1.10. The molecule has 0 amide bonds. The van der Waals surface area contributed by atoms with E-state index in [1.165, 1.54) is 24.3 Å². The lowest BCUT2D eigenvalue weighted by atomic mass is 10.3. The second-order valence-corrected chi connectivity index (χ2v) is 3.34. The minimum Gasteiger partial charge on any atom is -0.490 e. The van der Waals surface area contributed by atoms with Crippen molar-refractivity contribution in [3.8, 4) is 11.5 Å². The molecule has 0 atom stereocenters. The summed E-state index contributed by atoms with van der Waals surface area (Å²) in [4.78, 5) is 0. The van der Waals surface area contributed by atoms with Crippen LogP contribution in [0.15, 0.2) is 24.3 Å². The molecule has 0 heterocycles. The Morgan fingerprint density at radius 1 is 1.00 bits per heavy atom. The van der Waals surface area contributed by atoms with Crippen molar-refractivity contribution in [3.05, 3.63) is 24.3 Å². The van der Waals surface area contributed by atoms with Gasteiger partial charge in [0.05, 0.1) is 6.10 Å². The van der Waals surface area contributed by atoms with Gasteiger partial charge in [0.1, 0.15) is 11.5 Å². The van der Waals surface area contributed by atoms with Gasteiger partial charge >= 0.3 is 6.36 Å². The van der Waals surface area contributed by atoms with Crippen molar-refractivity contribution in [3.63, 3.8) is 0 Å². The first-order valence-electron chi connectivity index (χ1n) is 4.55. The number of halogens is 3. The Kier molecular flexibility index (Phi) is 2.46. The minimum absolute atomic E-state index is 0.231. The molecule has 0 N–H and O–H groups in total. The molecule has 0 radical (unpaired) electrons. The van der Waals surface area contributed by atoms with Gasteiger partial charge in [0.2, 0.25) is 0 Å². The van der Waals surface area contributed by atoms with Gasteiger partial charge in [-0.1, -0.05) is 0 Å². The molecule has 1 fully saturated rings. The molecule has 0 saturated heterocycles. The number of hydrogen-bond donors (Lipinski definition) is 0. The molecule has 1 aromatic rings. The predicted molar refractivity (Wildman–Crippen MR) is 46.8 cm³/mol. The van der Waals surface area contributed by atoms with Gasteiger partial charge in [-0.25, -0.2) is 0 Å². The fraction of sp³-hybridized carbons (Fsp3) is 0.400. The molecule has 82 valence electrons. The van der Waals surface area contributed by atoms with E-state index in [0.29, 0.717) is 5.75 Å². The summed E-state index contributed by atoms with van der Waals surface area (Å²) in [5, 5.41) is 0. The van der Waals surface area contributed by atoms with E-state index < -0.39 is 6.36 Å². The molecule has 2 rings (SSSR count). The Bertz CT molecular complexity index is 328. The molecule has 0 aliphatic heterocycles. The van der Waals surface area contributed by atoms with Crippen LogP contribution < -0.4 is 9.47 Å². The lowest BCUT2D eigenvalue weighted by Gasteiger charge is -2.09. The van der Waals surface area contributed by atoms with E-state index in [2.05, 4.69) is 4.74 Å². The zero-order chi connectivity index (χ0) is 10.9. The largest absolute Gasteiger partial charge is 0.573 e. The first-order valence-corrected chi connectivity index (χ1v) is 4.55. The fourth-order valence-corrected chi connectivity index (χ4v) is 1.10. The number of ether oxygens (including phenoxy) is 2. The van der Waals surface area contributed by atoms with Crippen molar-refractivity contribution in [1.82, 2.24) is 0 Å². The monoisotopic (exact) mass is 218 g/mol. The van der Waals surface area contributed by atoms with E-state index in [-0.39, 0.29) is 11.9 Å². The highest BCUT2D eigenvalue weighted by molar-refractivity contribution is 5.31. The van der Waals surface area contributed by atoms with E-state index in [0.717, 1.165) is 12.8 Å². The maximum absolute atomic E-state index is 11.8. The average molecular weight is 218 g/mol. The van der Waals surface area contributed by atoms with Crippen LogP contribution >= 0.6 is 0 Å². The Labute approximate surface area is 84.6 Å². The highest BCUT2D eigenvalue weighted by atomic mass is 19.4. The second-order valence-electron chi connectivity index (χ2n) is 3.34. The highest BCUT2D eigenvalue weighted by Gasteiger charge is 2.31. The lowest BCUT2D eigenvalue weighted by Crippen LogP contribution is -2.16. The summed E-state index contributed by atoms with van der Waals surface area (Å²) in [6.07, 6.45) is -2.38. The summed E-state index contributed by atoms with van der Waals surface area (Å²) in [5.74, 6) is 0.345. The van der Waals surface area contributed by atoms with Crippen LogP contribution in [0, 0.1) is 0 Å². The van der Waals surface area contributed by atoms with Gasteiger partial charge < -0.3 is 9.47 Å². The molecule has 15 heavy (non-hydrogen) atoms. The van der Waals surface area contributed by atoms with Crippen molar-refractivity contribution in [2.75, 3.05) is 0 Å². The normalized spacial score (nSPS) is 16.2. The van der Waals surface area contributed by atoms with Gasteiger partial charge in [-0.05, 0) is 37.1 Å². The van der Waals surface area contributed by atoms with Crippen LogP contribution in [-0.2, 0) is 0 Å². The average Bonchev–Trinajstić information content (AvgIpc) is 2.90. The topological polar surface area (TPSA) is 18.5 Å². The zero-order valence-electron chi connectivity index (χ0n) is 7.75. The first kappa shape index (κ1) is 10.1. The molecule has 0 unspecified atom stereocenters. The molecule has 2 nitrogen and oxygen atoms in total. The minimum atomic E-state index is -4.64. The van der Waals surface area contributed by atoms with E-state index >= 15 is 0 Å². The van der Waals surface area contributed by atoms with Crippen LogP contribution in [0.4, 0.5) is 13.2 Å². The maximum atomic E-state index is 11.8. The third-order valence-corrected chi connectivity index (χ3v) is 1.88. The zero-order valence-corrected chi connectivity index (χ0v) is 7.75. The molecule has 5 heteroatoms. The highest BCUT2D eigenvalue weighted by Crippen LogP contribution is 2.29. The first-order chi connectivity index (χ1) is 7.03. The Morgan fingerprint density at radius 3 is 2.00 bits per heavy atom. The molecule has 1 saturated carbocycles. The van der Waals surface area contributed by atoms with Crippen LogP contribution in [0.1, 0.15) is 12.8 Å². The van der Waals surface area contributed by atoms with Gasteiger partial charge in [-0.15, -0.1) is 13.2 Å². The Balaban J connectivity index is 1.96. The number of benzene rings is 1. The molecule has 0 aromatic heterocycles. The quantitative estimate of drug-likeness (QED) is 0.775. The molecule has 1 aromatic carbocycles. The Morgan fingerprint density at radius 2 is 1.53 bits per heavy atom. The van der Waals surface area contributed by atoms with Crippen LogP contribution in [0.2, 0.25) is 0 Å². The third-order valence-electron chi connectivity index (χ3n) is 1.88. The summed E-state index contributed by atoms with van der Waals surface area (Å²) >= 11 is 0. The van der Waals surface area contributed by atoms with Crippen LogP contribution in [-0.4, -0.2) is 12.5 Å². The van der Waals surface area contributed by atoms with Crippen molar-refractivity contribution < 1.29 is 22.6 Å². The van der Waals surface area contributed by atoms with E-state index in [9.17, 15) is 13.2 Å². The van der Waals surface area contributed by atoms with Crippen molar-refractivity contribution in [2.45, 2.75) is 25.3 Å². The summed E-state index contributed by atoms with van der Waals surface area (Å²) < 4.78 is 44.5. The number of rotatable bonds is 3. The van der Waals surface area contributed by atoms with E-state index in [4.69, 9.17) is 4.74 Å². The van der Waals surface area contributed by atoms with E-state index in [1.807, 2.05) is 0 Å². The second kappa shape index (κ2) is 3.64. The van der Waals surface area contributed by atoms with Crippen molar-refractivity contribution >= 4 is 0 Å². The lowest BCUT2D eigenvalue weighted by molar-refractivity contribution is -0.274. The molecular weight excluding hydrogens is 209 g/mol. The molecule has 0 spiro atoms. The van der Waals surface area contributed by atoms with E-state index in [1.54, 1.807) is 0 Å². The Hall–Kier alpha value is -1.39. The summed E-state index contributed by atoms with van der Waals surface area (Å²) in [6, 6.07) is 5.43. The molecule has 1 aliphatic carbocycles. The number of hydrogen-bond acceptors (Lipinski definition) is 2. The van der Waals surface area contributed by atoms with Crippen molar-refractivity contribution in [1.29, 1.82) is 0 Å². The SMILES string of the molecule is FC(F)(F)Oc1ccc(OC2CC2)cc1. The van der Waals surface area contributed by atoms with Crippen LogP contribution in [0.25, 0.3) is 0 Å². The van der Waals surface area contributed by atoms with Gasteiger partial charge in [0.25, 0.3) is 0 Å². The van der Waals surface area contributed by atoms with Gasteiger partial charge in [0.15, 0.2) is 0 Å². The molecular formula is C10H9F3O2. The van der Waals surface area contributed by atoms with Crippen LogP contribution in [0.5, 0.6) is 11.5 Å². The van der Waals surface area contributed by atoms with Crippen molar-refractivity contribution in [2.24, 2.45) is 0 Å². The van der Waals surface area contributed by atoms with Gasteiger partial charge in [0, 0.05) is 0 Å². The standard InChI is InChI=1S/C10H9F3O2/c11-10(12,13)15-9-5-3-8(4-6-9)14-7-1-2-7/h3-7H,1-2H2. The molecule has 0 bridgehead atoms. The van der Waals surface area contributed by atoms with Gasteiger partial charge in [-0.2, -0.15) is 0 Å².